The largest absolute Gasteiger partial charge is 0.478 e. The van der Waals surface area contributed by atoms with E-state index in [0.29, 0.717) is 5.56 Å². The van der Waals surface area contributed by atoms with Gasteiger partial charge in [0.2, 0.25) is 0 Å². The molecule has 0 atom stereocenters. The van der Waals surface area contributed by atoms with Gasteiger partial charge in [0.05, 0.1) is 11.1 Å². The molecule has 4 heteroatoms. The molecule has 0 aromatic heterocycles. The number of rotatable bonds is 2. The number of carboxylic acids is 2. The second-order valence-electron chi connectivity index (χ2n) is 3.10. The van der Waals surface area contributed by atoms with Gasteiger partial charge < -0.3 is 10.2 Å². The summed E-state index contributed by atoms with van der Waals surface area (Å²) in [4.78, 5) is 21.5. The Hall–Kier alpha value is -1.84. The number of hydrogen-bond acceptors (Lipinski definition) is 2. The van der Waals surface area contributed by atoms with Crippen LogP contribution in [-0.4, -0.2) is 22.2 Å². The summed E-state index contributed by atoms with van der Waals surface area (Å²) in [6.45, 7) is 3.16. The van der Waals surface area contributed by atoms with E-state index in [0.717, 1.165) is 0 Å². The average Bonchev–Trinajstić information content (AvgIpc) is 2.07. The third-order valence-corrected chi connectivity index (χ3v) is 2.01. The van der Waals surface area contributed by atoms with Crippen LogP contribution in [0.2, 0.25) is 0 Å². The number of benzene rings is 1. The van der Waals surface area contributed by atoms with Crippen LogP contribution >= 0.6 is 0 Å². The number of carboxylic acid groups (broad SMARTS) is 2. The quantitative estimate of drug-likeness (QED) is 0.751. The molecular formula is C10H10O4. The molecule has 0 fully saturated rings. The molecule has 4 nitrogen and oxygen atoms in total. The molecule has 1 rings (SSSR count). The summed E-state index contributed by atoms with van der Waals surface area (Å²) < 4.78 is 0. The molecule has 0 spiro atoms. The van der Waals surface area contributed by atoms with Crippen molar-refractivity contribution in [3.05, 3.63) is 34.4 Å². The SMILES string of the molecule is Cc1cc(C(=O)O)c(C)c(C(=O)O)c1. The first-order valence-corrected chi connectivity index (χ1v) is 4.01. The van der Waals surface area contributed by atoms with Crippen molar-refractivity contribution >= 4 is 11.9 Å². The van der Waals surface area contributed by atoms with E-state index in [-0.39, 0.29) is 16.7 Å². The highest BCUT2D eigenvalue weighted by molar-refractivity contribution is 5.96. The van der Waals surface area contributed by atoms with Gasteiger partial charge in [-0.1, -0.05) is 0 Å². The third kappa shape index (κ3) is 1.74. The molecule has 1 aromatic carbocycles. The normalized spacial score (nSPS) is 9.86. The molecule has 0 aliphatic carbocycles. The fraction of sp³-hybridized carbons (Fsp3) is 0.200. The van der Waals surface area contributed by atoms with E-state index >= 15 is 0 Å². The zero-order valence-corrected chi connectivity index (χ0v) is 7.87. The molecule has 0 saturated carbocycles. The van der Waals surface area contributed by atoms with E-state index in [4.69, 9.17) is 10.2 Å². The molecule has 0 saturated heterocycles. The maximum Gasteiger partial charge on any atom is 0.335 e. The molecule has 2 N–H and O–H groups in total. The highest BCUT2D eigenvalue weighted by atomic mass is 16.4. The van der Waals surface area contributed by atoms with Crippen LogP contribution in [0.5, 0.6) is 0 Å². The summed E-state index contributed by atoms with van der Waals surface area (Å²) >= 11 is 0. The molecule has 14 heavy (non-hydrogen) atoms. The first kappa shape index (κ1) is 10.2. The lowest BCUT2D eigenvalue weighted by atomic mass is 9.99. The van der Waals surface area contributed by atoms with Crippen molar-refractivity contribution in [3.8, 4) is 0 Å². The van der Waals surface area contributed by atoms with Crippen LogP contribution in [0.4, 0.5) is 0 Å². The Balaban J connectivity index is 3.47. The predicted molar refractivity (Wildman–Crippen MR) is 49.8 cm³/mol. The summed E-state index contributed by atoms with van der Waals surface area (Å²) in [5.41, 5.74) is 1.01. The second-order valence-corrected chi connectivity index (χ2v) is 3.10. The Morgan fingerprint density at radius 3 is 1.64 bits per heavy atom. The van der Waals surface area contributed by atoms with E-state index in [1.54, 1.807) is 6.92 Å². The van der Waals surface area contributed by atoms with Crippen molar-refractivity contribution in [1.29, 1.82) is 0 Å². The summed E-state index contributed by atoms with van der Waals surface area (Å²) in [7, 11) is 0. The van der Waals surface area contributed by atoms with Gasteiger partial charge in [-0.25, -0.2) is 9.59 Å². The first-order chi connectivity index (χ1) is 6.43. The smallest absolute Gasteiger partial charge is 0.335 e. The lowest BCUT2D eigenvalue weighted by molar-refractivity contribution is 0.0696. The van der Waals surface area contributed by atoms with Crippen molar-refractivity contribution in [2.24, 2.45) is 0 Å². The first-order valence-electron chi connectivity index (χ1n) is 4.01. The van der Waals surface area contributed by atoms with Gasteiger partial charge in [0.1, 0.15) is 0 Å². The zero-order chi connectivity index (χ0) is 10.9. The monoisotopic (exact) mass is 194 g/mol. The Labute approximate surface area is 80.8 Å². The van der Waals surface area contributed by atoms with Gasteiger partial charge in [0.15, 0.2) is 0 Å². The van der Waals surface area contributed by atoms with E-state index in [1.807, 2.05) is 0 Å². The standard InChI is InChI=1S/C10H10O4/c1-5-3-7(9(11)12)6(2)8(4-5)10(13)14/h3-4H,1-2H3,(H,11,12)(H,13,14). The lowest BCUT2D eigenvalue weighted by Gasteiger charge is -2.06. The lowest BCUT2D eigenvalue weighted by Crippen LogP contribution is -2.07. The Morgan fingerprint density at radius 2 is 1.36 bits per heavy atom. The molecule has 0 unspecified atom stereocenters. The van der Waals surface area contributed by atoms with Gasteiger partial charge in [-0.3, -0.25) is 0 Å². The van der Waals surface area contributed by atoms with Gasteiger partial charge in [-0.15, -0.1) is 0 Å². The van der Waals surface area contributed by atoms with E-state index < -0.39 is 11.9 Å². The number of hydrogen-bond donors (Lipinski definition) is 2. The van der Waals surface area contributed by atoms with Gasteiger partial charge >= 0.3 is 11.9 Å². The number of carbonyl (C=O) groups is 2. The highest BCUT2D eigenvalue weighted by Gasteiger charge is 2.15. The Morgan fingerprint density at radius 1 is 1.00 bits per heavy atom. The van der Waals surface area contributed by atoms with E-state index in [1.165, 1.54) is 19.1 Å². The molecule has 0 bridgehead atoms. The van der Waals surface area contributed by atoms with E-state index in [2.05, 4.69) is 0 Å². The Kier molecular flexibility index (Phi) is 2.56. The van der Waals surface area contributed by atoms with E-state index in [9.17, 15) is 9.59 Å². The van der Waals surface area contributed by atoms with Crippen LogP contribution < -0.4 is 0 Å². The van der Waals surface area contributed by atoms with Gasteiger partial charge in [0, 0.05) is 0 Å². The fourth-order valence-corrected chi connectivity index (χ4v) is 1.30. The molecule has 0 aliphatic heterocycles. The van der Waals surface area contributed by atoms with Gasteiger partial charge in [-0.2, -0.15) is 0 Å². The topological polar surface area (TPSA) is 74.6 Å². The summed E-state index contributed by atoms with van der Waals surface area (Å²) in [5, 5.41) is 17.6. The maximum atomic E-state index is 10.8. The van der Waals surface area contributed by atoms with Crippen molar-refractivity contribution in [3.63, 3.8) is 0 Å². The molecule has 74 valence electrons. The summed E-state index contributed by atoms with van der Waals surface area (Å²) in [6.07, 6.45) is 0. The van der Waals surface area contributed by atoms with Crippen LogP contribution in [0.1, 0.15) is 31.8 Å². The van der Waals surface area contributed by atoms with Crippen LogP contribution in [0.25, 0.3) is 0 Å². The van der Waals surface area contributed by atoms with Gasteiger partial charge in [-0.05, 0) is 37.1 Å². The number of aryl methyl sites for hydroxylation is 1. The van der Waals surface area contributed by atoms with Crippen molar-refractivity contribution in [2.75, 3.05) is 0 Å². The maximum absolute atomic E-state index is 10.8. The minimum atomic E-state index is -1.10. The molecule has 0 amide bonds. The molecule has 0 aliphatic rings. The van der Waals surface area contributed by atoms with Gasteiger partial charge in [0.25, 0.3) is 0 Å². The number of aromatic carboxylic acids is 2. The highest BCUT2D eigenvalue weighted by Crippen LogP contribution is 2.16. The summed E-state index contributed by atoms with van der Waals surface area (Å²) in [6, 6.07) is 2.92. The van der Waals surface area contributed by atoms with Crippen LogP contribution in [0.15, 0.2) is 12.1 Å². The Bertz CT molecular complexity index is 372. The van der Waals surface area contributed by atoms with Crippen molar-refractivity contribution in [1.82, 2.24) is 0 Å². The molecule has 1 aromatic rings. The molecular weight excluding hydrogens is 184 g/mol. The van der Waals surface area contributed by atoms with Crippen LogP contribution in [-0.2, 0) is 0 Å². The average molecular weight is 194 g/mol. The third-order valence-electron chi connectivity index (χ3n) is 2.01. The second kappa shape index (κ2) is 3.49. The van der Waals surface area contributed by atoms with Crippen molar-refractivity contribution in [2.45, 2.75) is 13.8 Å². The van der Waals surface area contributed by atoms with Crippen LogP contribution in [0.3, 0.4) is 0 Å². The molecule has 0 radical (unpaired) electrons. The van der Waals surface area contributed by atoms with Crippen molar-refractivity contribution < 1.29 is 19.8 Å². The molecule has 0 heterocycles. The summed E-state index contributed by atoms with van der Waals surface area (Å²) in [5.74, 6) is -2.21. The zero-order valence-electron chi connectivity index (χ0n) is 7.87. The minimum Gasteiger partial charge on any atom is -0.478 e. The van der Waals surface area contributed by atoms with Crippen LogP contribution in [0, 0.1) is 13.8 Å². The predicted octanol–water partition coefficient (Wildman–Crippen LogP) is 1.70. The minimum absolute atomic E-state index is 0.0439. The fourth-order valence-electron chi connectivity index (χ4n) is 1.30.